The molecule has 0 spiro atoms. The summed E-state index contributed by atoms with van der Waals surface area (Å²) in [4.78, 5) is 0. The van der Waals surface area contributed by atoms with E-state index in [2.05, 4.69) is 88.4 Å². The van der Waals surface area contributed by atoms with Crippen LogP contribution < -0.4 is 20.9 Å². The third-order valence-electron chi connectivity index (χ3n) is 7.13. The molecule has 0 aromatic heterocycles. The summed E-state index contributed by atoms with van der Waals surface area (Å²) in [5.41, 5.74) is 22.5. The van der Waals surface area contributed by atoms with E-state index in [1.807, 2.05) is 48.5 Å². The van der Waals surface area contributed by atoms with Gasteiger partial charge in [-0.15, -0.1) is 0 Å². The van der Waals surface area contributed by atoms with Gasteiger partial charge in [-0.1, -0.05) is 47.6 Å². The van der Waals surface area contributed by atoms with E-state index in [1.54, 1.807) is 0 Å². The molecule has 0 heterocycles. The van der Waals surface area contributed by atoms with Crippen LogP contribution in [-0.2, 0) is 0 Å². The molecule has 0 saturated heterocycles. The van der Waals surface area contributed by atoms with E-state index in [0.29, 0.717) is 0 Å². The number of hydrogen-bond acceptors (Lipinski definition) is 4. The minimum absolute atomic E-state index is 0.139. The molecule has 0 radical (unpaired) electrons. The molecule has 0 aliphatic heterocycles. The maximum atomic E-state index is 6.27. The van der Waals surface area contributed by atoms with Crippen LogP contribution in [0.3, 0.4) is 0 Å². The zero-order chi connectivity index (χ0) is 28.2. The van der Waals surface area contributed by atoms with Crippen LogP contribution in [0.25, 0.3) is 11.1 Å². The van der Waals surface area contributed by atoms with E-state index in [0.717, 1.165) is 56.3 Å². The van der Waals surface area contributed by atoms with Crippen molar-refractivity contribution in [2.45, 2.75) is 39.9 Å². The molecule has 3 aromatic rings. The van der Waals surface area contributed by atoms with Crippen molar-refractivity contribution in [1.29, 1.82) is 0 Å². The second-order valence-electron chi connectivity index (χ2n) is 10.6. The smallest absolute Gasteiger partial charge is 0.142 e. The highest BCUT2D eigenvalue weighted by atomic mass is 16.5. The largest absolute Gasteiger partial charge is 0.482 e. The molecule has 202 valence electrons. The molecule has 5 rings (SSSR count). The number of hydrogen-bond donors (Lipinski definition) is 2. The van der Waals surface area contributed by atoms with Crippen molar-refractivity contribution in [3.8, 4) is 11.5 Å². The van der Waals surface area contributed by atoms with E-state index >= 15 is 0 Å². The first kappa shape index (κ1) is 26.9. The third-order valence-corrected chi connectivity index (χ3v) is 7.13. The number of nitrogens with two attached hydrogens (primary N) is 2. The van der Waals surface area contributed by atoms with Crippen molar-refractivity contribution in [3.05, 3.63) is 143 Å². The van der Waals surface area contributed by atoms with E-state index in [-0.39, 0.29) is 12.2 Å². The van der Waals surface area contributed by atoms with Gasteiger partial charge in [0.15, 0.2) is 0 Å². The Hall–Kier alpha value is -4.70. The van der Waals surface area contributed by atoms with Crippen LogP contribution in [-0.4, -0.2) is 12.2 Å². The lowest BCUT2D eigenvalue weighted by atomic mass is 9.89. The van der Waals surface area contributed by atoms with Crippen LogP contribution in [0.2, 0.25) is 0 Å². The zero-order valence-electron chi connectivity index (χ0n) is 23.5. The lowest BCUT2D eigenvalue weighted by Crippen LogP contribution is -2.19. The average molecular weight is 529 g/mol. The number of rotatable bonds is 6. The van der Waals surface area contributed by atoms with Gasteiger partial charge in [-0.25, -0.2) is 0 Å². The van der Waals surface area contributed by atoms with E-state index in [9.17, 15) is 0 Å². The predicted octanol–water partition coefficient (Wildman–Crippen LogP) is 8.33. The van der Waals surface area contributed by atoms with Crippen LogP contribution in [0.1, 0.15) is 38.8 Å². The van der Waals surface area contributed by atoms with Crippen molar-refractivity contribution < 1.29 is 9.47 Å². The molecule has 4 heteroatoms. The van der Waals surface area contributed by atoms with Crippen molar-refractivity contribution >= 4 is 22.5 Å². The topological polar surface area (TPSA) is 70.5 Å². The van der Waals surface area contributed by atoms with Gasteiger partial charge in [0.25, 0.3) is 0 Å². The summed E-state index contributed by atoms with van der Waals surface area (Å²) in [6.45, 7) is 8.49. The van der Waals surface area contributed by atoms with Gasteiger partial charge < -0.3 is 20.9 Å². The zero-order valence-corrected chi connectivity index (χ0v) is 23.5. The summed E-state index contributed by atoms with van der Waals surface area (Å²) in [7, 11) is 0. The molecule has 3 aromatic carbocycles. The Morgan fingerprint density at radius 3 is 1.20 bits per heavy atom. The van der Waals surface area contributed by atoms with Gasteiger partial charge in [-0.3, -0.25) is 0 Å². The van der Waals surface area contributed by atoms with E-state index in [1.165, 1.54) is 11.1 Å². The molecule has 4 nitrogen and oxygen atoms in total. The minimum atomic E-state index is -0.139. The van der Waals surface area contributed by atoms with Gasteiger partial charge in [0, 0.05) is 11.4 Å². The third kappa shape index (κ3) is 6.13. The fourth-order valence-electron chi connectivity index (χ4n) is 4.85. The first-order valence-electron chi connectivity index (χ1n) is 13.6. The fourth-order valence-corrected chi connectivity index (χ4v) is 4.85. The standard InChI is InChI=1S/C36H36N2O2/c1-23(2)33-21-27(9-19-35(33)39-31-15-11-29(37)12-16-31)25-5-7-26(8-6-25)28-10-20-36(34(22-28)24(3)4)40-32-17-13-30(38)14-18-32/h5-22,35-36H,37-38H2,1-4H3. The number of allylic oxidation sites excluding steroid dienone is 6. The first-order chi connectivity index (χ1) is 19.3. The Kier molecular flexibility index (Phi) is 7.79. The number of benzene rings is 3. The van der Waals surface area contributed by atoms with Gasteiger partial charge in [0.2, 0.25) is 0 Å². The van der Waals surface area contributed by atoms with Crippen molar-refractivity contribution in [2.24, 2.45) is 0 Å². The summed E-state index contributed by atoms with van der Waals surface area (Å²) < 4.78 is 12.5. The van der Waals surface area contributed by atoms with E-state index in [4.69, 9.17) is 20.9 Å². The Balaban J connectivity index is 1.33. The van der Waals surface area contributed by atoms with Gasteiger partial charge in [0.05, 0.1) is 0 Å². The summed E-state index contributed by atoms with van der Waals surface area (Å²) >= 11 is 0. The maximum absolute atomic E-state index is 6.27. The highest BCUT2D eigenvalue weighted by Gasteiger charge is 2.20. The Morgan fingerprint density at radius 1 is 0.525 bits per heavy atom. The number of ether oxygens (including phenoxy) is 2. The highest BCUT2D eigenvalue weighted by Crippen LogP contribution is 2.33. The van der Waals surface area contributed by atoms with Crippen LogP contribution in [0.5, 0.6) is 11.5 Å². The number of nitrogen functional groups attached to an aromatic ring is 2. The SMILES string of the molecule is CC(C)=C1C=C(c2ccc(C3=CC(=C(C)C)C(Oc4ccc(N)cc4)C=C3)cc2)C=CC1Oc1ccc(N)cc1. The molecule has 0 fully saturated rings. The van der Waals surface area contributed by atoms with Gasteiger partial charge in [-0.2, -0.15) is 0 Å². The predicted molar refractivity (Wildman–Crippen MR) is 168 cm³/mol. The fraction of sp³-hybridized carbons (Fsp3) is 0.167. The van der Waals surface area contributed by atoms with Crippen LogP contribution in [0.4, 0.5) is 11.4 Å². The first-order valence-corrected chi connectivity index (χ1v) is 13.6. The monoisotopic (exact) mass is 528 g/mol. The summed E-state index contributed by atoms with van der Waals surface area (Å²) in [6, 6.07) is 23.8. The molecule has 40 heavy (non-hydrogen) atoms. The van der Waals surface area contributed by atoms with Crippen molar-refractivity contribution in [1.82, 2.24) is 0 Å². The van der Waals surface area contributed by atoms with Gasteiger partial charge >= 0.3 is 0 Å². The highest BCUT2D eigenvalue weighted by molar-refractivity contribution is 5.82. The molecule has 0 saturated carbocycles. The average Bonchev–Trinajstić information content (AvgIpc) is 2.96. The Bertz CT molecular complexity index is 1440. The lowest BCUT2D eigenvalue weighted by molar-refractivity contribution is 0.286. The summed E-state index contributed by atoms with van der Waals surface area (Å²) in [5, 5.41) is 0. The number of anilines is 2. The molecule has 2 aliphatic rings. The molecule has 2 atom stereocenters. The Labute approximate surface area is 237 Å². The molecule has 0 amide bonds. The lowest BCUT2D eigenvalue weighted by Gasteiger charge is -2.24. The molecular formula is C36H36N2O2. The van der Waals surface area contributed by atoms with Crippen molar-refractivity contribution in [3.63, 3.8) is 0 Å². The molecule has 2 aliphatic carbocycles. The van der Waals surface area contributed by atoms with Crippen LogP contribution >= 0.6 is 0 Å². The summed E-state index contributed by atoms with van der Waals surface area (Å²) in [6.07, 6.45) is 12.7. The quantitative estimate of drug-likeness (QED) is 0.316. The molecule has 2 unspecified atom stereocenters. The second-order valence-corrected chi connectivity index (χ2v) is 10.6. The molecular weight excluding hydrogens is 492 g/mol. The van der Waals surface area contributed by atoms with Crippen molar-refractivity contribution in [2.75, 3.05) is 11.5 Å². The Morgan fingerprint density at radius 2 is 0.875 bits per heavy atom. The van der Waals surface area contributed by atoms with E-state index < -0.39 is 0 Å². The summed E-state index contributed by atoms with van der Waals surface area (Å²) in [5.74, 6) is 1.60. The van der Waals surface area contributed by atoms with Crippen LogP contribution in [0.15, 0.2) is 132 Å². The normalized spacial score (nSPS) is 18.2. The molecule has 4 N–H and O–H groups in total. The second kappa shape index (κ2) is 11.6. The maximum Gasteiger partial charge on any atom is 0.142 e. The van der Waals surface area contributed by atoms with Gasteiger partial charge in [-0.05, 0) is 134 Å². The molecule has 0 bridgehead atoms. The minimum Gasteiger partial charge on any atom is -0.482 e. The van der Waals surface area contributed by atoms with Gasteiger partial charge in [0.1, 0.15) is 23.7 Å². The van der Waals surface area contributed by atoms with Crippen LogP contribution in [0, 0.1) is 0 Å².